The summed E-state index contributed by atoms with van der Waals surface area (Å²) >= 11 is 0. The highest BCUT2D eigenvalue weighted by Crippen LogP contribution is 2.45. The van der Waals surface area contributed by atoms with Crippen LogP contribution in [0.2, 0.25) is 0 Å². The second-order valence-electron chi connectivity index (χ2n) is 23.3. The molecule has 0 bridgehead atoms. The summed E-state index contributed by atoms with van der Waals surface area (Å²) < 4.78 is 26.8. The minimum Gasteiger partial charge on any atom is -0.508 e. The molecule has 35 heteroatoms. The highest BCUT2D eigenvalue weighted by atomic mass is 16.4. The van der Waals surface area contributed by atoms with Gasteiger partial charge >= 0.3 is 0 Å². The standard InChI is InChI=1S/5C15H10O7/c5*16-7-4-10(19)12-11(5-7)22-15(14(21)13(12)20)6-1-2-8(17)9(18)3-6/h5*1-5,16-19,21H. The number of phenolic OH excluding ortho intramolecular Hbond substituents is 20. The fourth-order valence-electron chi connectivity index (χ4n) is 10.7. The zero-order valence-electron chi connectivity index (χ0n) is 54.7. The molecule has 15 rings (SSSR count). The van der Waals surface area contributed by atoms with Crippen molar-refractivity contribution in [3.8, 4) is 200 Å². The van der Waals surface area contributed by atoms with Crippen LogP contribution >= 0.6 is 0 Å². The second-order valence-corrected chi connectivity index (χ2v) is 23.3. The molecule has 0 radical (unpaired) electrons. The Hall–Kier alpha value is -16.8. The Kier molecular flexibility index (Phi) is 19.5. The molecule has 0 aliphatic heterocycles. The van der Waals surface area contributed by atoms with Crippen LogP contribution < -0.4 is 27.1 Å². The zero-order chi connectivity index (χ0) is 80.1. The molecule has 0 aliphatic carbocycles. The van der Waals surface area contributed by atoms with Gasteiger partial charge in [-0.25, -0.2) is 0 Å². The van der Waals surface area contributed by atoms with Crippen molar-refractivity contribution in [2.75, 3.05) is 0 Å². The van der Waals surface area contributed by atoms with Crippen molar-refractivity contribution in [3.63, 3.8) is 0 Å². The van der Waals surface area contributed by atoms with Crippen LogP contribution in [0.25, 0.3) is 111 Å². The van der Waals surface area contributed by atoms with Crippen molar-refractivity contribution in [1.82, 2.24) is 0 Å². The predicted octanol–water partition coefficient (Wildman–Crippen LogP) is 9.94. The van der Waals surface area contributed by atoms with Gasteiger partial charge in [0.05, 0.1) is 0 Å². The first-order valence-corrected chi connectivity index (χ1v) is 30.6. The largest absolute Gasteiger partial charge is 0.508 e. The molecule has 0 fully saturated rings. The van der Waals surface area contributed by atoms with Crippen LogP contribution in [-0.2, 0) is 0 Å². The van der Waals surface area contributed by atoms with Crippen molar-refractivity contribution in [2.24, 2.45) is 0 Å². The van der Waals surface area contributed by atoms with Crippen LogP contribution in [0.4, 0.5) is 0 Å². The van der Waals surface area contributed by atoms with Crippen molar-refractivity contribution in [1.29, 1.82) is 0 Å². The van der Waals surface area contributed by atoms with Gasteiger partial charge in [-0.1, -0.05) is 0 Å². The minimum absolute atomic E-state index is 0.134. The Bertz CT molecular complexity index is 5700. The molecule has 25 N–H and O–H groups in total. The summed E-state index contributed by atoms with van der Waals surface area (Å²) in [6, 6.07) is 28.2. The Morgan fingerprint density at radius 3 is 0.445 bits per heavy atom. The van der Waals surface area contributed by atoms with Crippen LogP contribution in [0.15, 0.2) is 198 Å². The Morgan fingerprint density at radius 2 is 0.309 bits per heavy atom. The number of hydrogen-bond acceptors (Lipinski definition) is 35. The Balaban J connectivity index is 0.000000136. The van der Waals surface area contributed by atoms with Crippen LogP contribution in [-0.4, -0.2) is 128 Å². The molecule has 0 atom stereocenters. The first-order chi connectivity index (χ1) is 51.9. The van der Waals surface area contributed by atoms with Crippen molar-refractivity contribution in [3.05, 3.63) is 203 Å². The smallest absolute Gasteiger partial charge is 0.238 e. The van der Waals surface area contributed by atoms with Gasteiger partial charge in [-0.2, -0.15) is 0 Å². The maximum absolute atomic E-state index is 12.1. The van der Waals surface area contributed by atoms with E-state index in [1.165, 1.54) is 30.3 Å². The van der Waals surface area contributed by atoms with Gasteiger partial charge < -0.3 is 150 Å². The first kappa shape index (κ1) is 74.4. The minimum atomic E-state index is -0.888. The Labute approximate surface area is 605 Å². The molecule has 10 aromatic carbocycles. The third-order valence-electron chi connectivity index (χ3n) is 15.9. The predicted molar refractivity (Wildman–Crippen MR) is 381 cm³/mol. The van der Waals surface area contributed by atoms with Gasteiger partial charge in [-0.05, 0) is 91.0 Å². The number of rotatable bonds is 5. The lowest BCUT2D eigenvalue weighted by Gasteiger charge is -2.08. The number of fused-ring (bicyclic) bond motifs is 5. The van der Waals surface area contributed by atoms with E-state index in [0.29, 0.717) is 0 Å². The third-order valence-corrected chi connectivity index (χ3v) is 15.9. The van der Waals surface area contributed by atoms with Gasteiger partial charge in [0.2, 0.25) is 55.9 Å². The summed E-state index contributed by atoms with van der Waals surface area (Å²) in [4.78, 5) is 60.7. The molecular weight excluding hydrogens is 1460 g/mol. The van der Waals surface area contributed by atoms with E-state index in [9.17, 15) is 152 Å². The van der Waals surface area contributed by atoms with E-state index in [1.807, 2.05) is 0 Å². The number of benzene rings is 10. The van der Waals surface area contributed by atoms with Gasteiger partial charge in [0.1, 0.15) is 112 Å². The van der Waals surface area contributed by atoms with Crippen LogP contribution in [0, 0.1) is 0 Å². The van der Waals surface area contributed by atoms with Crippen LogP contribution in [0.3, 0.4) is 0 Å². The molecule has 0 unspecified atom stereocenters. The lowest BCUT2D eigenvalue weighted by molar-refractivity contribution is 0.403. The summed E-state index contributed by atoms with van der Waals surface area (Å²) in [5, 5.41) is 238. The van der Waals surface area contributed by atoms with Crippen molar-refractivity contribution in [2.45, 2.75) is 0 Å². The Morgan fingerprint density at radius 1 is 0.164 bits per heavy atom. The molecule has 560 valence electrons. The summed E-state index contributed by atoms with van der Waals surface area (Å²) in [5.74, 6) is -13.6. The average molecular weight is 1510 g/mol. The number of hydrogen-bond donors (Lipinski definition) is 25. The highest BCUT2D eigenvalue weighted by molar-refractivity contribution is 5.93. The highest BCUT2D eigenvalue weighted by Gasteiger charge is 2.26. The van der Waals surface area contributed by atoms with E-state index in [4.69, 9.17) is 22.1 Å². The maximum atomic E-state index is 12.1. The number of phenols is 20. The lowest BCUT2D eigenvalue weighted by atomic mass is 10.1. The van der Waals surface area contributed by atoms with E-state index in [0.717, 1.165) is 121 Å². The molecular formula is C75H50O35. The summed E-state index contributed by atoms with van der Waals surface area (Å²) in [6.07, 6.45) is 0. The topological polar surface area (TPSA) is 657 Å². The fourth-order valence-corrected chi connectivity index (χ4v) is 10.7. The molecule has 15 aromatic rings. The quantitative estimate of drug-likeness (QED) is 0.0712. The molecule has 0 saturated heterocycles. The summed E-state index contributed by atoms with van der Waals surface area (Å²) in [5.41, 5.74) is -4.45. The normalized spacial score (nSPS) is 10.9. The summed E-state index contributed by atoms with van der Waals surface area (Å²) in [7, 11) is 0. The van der Waals surface area contributed by atoms with E-state index in [1.54, 1.807) is 0 Å². The molecule has 0 saturated carbocycles. The molecule has 0 amide bonds. The molecule has 5 heterocycles. The van der Waals surface area contributed by atoms with Crippen LogP contribution in [0.1, 0.15) is 0 Å². The molecule has 110 heavy (non-hydrogen) atoms. The fraction of sp³-hybridized carbons (Fsp3) is 0. The monoisotopic (exact) mass is 1510 g/mol. The third kappa shape index (κ3) is 14.3. The summed E-state index contributed by atoms with van der Waals surface area (Å²) in [6.45, 7) is 0. The van der Waals surface area contributed by atoms with E-state index < -0.39 is 113 Å². The van der Waals surface area contributed by atoms with Gasteiger partial charge in [0, 0.05) is 88.5 Å². The van der Waals surface area contributed by atoms with Gasteiger partial charge in [0.15, 0.2) is 86.3 Å². The van der Waals surface area contributed by atoms with Gasteiger partial charge in [0.25, 0.3) is 0 Å². The van der Waals surface area contributed by atoms with E-state index >= 15 is 0 Å². The van der Waals surface area contributed by atoms with Crippen LogP contribution in [0.5, 0.6) is 144 Å². The zero-order valence-corrected chi connectivity index (χ0v) is 54.7. The SMILES string of the molecule is O=c1c(O)c(-c2ccc(O)c(O)c2)oc2cc(O)cc(O)c12.O=c1c(O)c(-c2ccc(O)c(O)c2)oc2cc(O)cc(O)c12.O=c1c(O)c(-c2ccc(O)c(O)c2)oc2cc(O)cc(O)c12.O=c1c(O)c(-c2ccc(O)c(O)c2)oc2cc(O)cc(O)c12.O=c1c(O)c(-c2ccc(O)c(O)c2)oc2cc(O)cc(O)c12. The van der Waals surface area contributed by atoms with Gasteiger partial charge in [-0.3, -0.25) is 24.0 Å². The van der Waals surface area contributed by atoms with E-state index in [-0.39, 0.29) is 169 Å². The maximum Gasteiger partial charge on any atom is 0.238 e. The second kappa shape index (κ2) is 28.8. The number of aromatic hydroxyl groups is 25. The van der Waals surface area contributed by atoms with Crippen molar-refractivity contribution < 1.29 is 150 Å². The molecule has 35 nitrogen and oxygen atoms in total. The molecule has 5 aromatic heterocycles. The van der Waals surface area contributed by atoms with Gasteiger partial charge in [-0.15, -0.1) is 0 Å². The molecule has 0 spiro atoms. The average Bonchev–Trinajstić information content (AvgIpc) is 0.790. The molecule has 0 aliphatic rings. The van der Waals surface area contributed by atoms with E-state index in [2.05, 4.69) is 0 Å². The lowest BCUT2D eigenvalue weighted by Crippen LogP contribution is -2.02. The first-order valence-electron chi connectivity index (χ1n) is 30.6. The van der Waals surface area contributed by atoms with Crippen molar-refractivity contribution >= 4 is 54.8 Å².